The summed E-state index contributed by atoms with van der Waals surface area (Å²) in [6, 6.07) is 0.133. The maximum Gasteiger partial charge on any atom is 0.105 e. The van der Waals surface area contributed by atoms with Crippen LogP contribution in [-0.2, 0) is 0 Å². The fourth-order valence-electron chi connectivity index (χ4n) is 3.88. The number of nitrogens with one attached hydrogen (secondary N) is 2. The molecule has 1 aliphatic heterocycles. The molecule has 0 aliphatic carbocycles. The molecular weight excluding hydrogens is 407 g/mol. The molecule has 1 saturated heterocycles. The van der Waals surface area contributed by atoms with Gasteiger partial charge in [-0.1, -0.05) is 12.2 Å². The number of hydrogen-bond donors (Lipinski definition) is 4. The second-order valence-corrected chi connectivity index (χ2v) is 8.13. The first-order chi connectivity index (χ1) is 15.2. The van der Waals surface area contributed by atoms with Crippen molar-refractivity contribution in [2.75, 3.05) is 40.3 Å². The SMILES string of the molecule is CC=C(C=C1C(NCC=C(F)CC=NC)CCN(C(C)O)C1C)C(C)=CN(N)CCNC. The number of allylic oxidation sites excluding steroid dienone is 5. The third-order valence-electron chi connectivity index (χ3n) is 5.76. The smallest absolute Gasteiger partial charge is 0.105 e. The molecule has 0 saturated carbocycles. The highest BCUT2D eigenvalue weighted by Crippen LogP contribution is 2.27. The largest absolute Gasteiger partial charge is 0.379 e. The van der Waals surface area contributed by atoms with Gasteiger partial charge in [0, 0.05) is 64.1 Å². The first-order valence-electron chi connectivity index (χ1n) is 11.4. The Morgan fingerprint density at radius 2 is 2.19 bits per heavy atom. The summed E-state index contributed by atoms with van der Waals surface area (Å²) in [5.41, 5.74) is 3.30. The molecule has 3 atom stereocenters. The van der Waals surface area contributed by atoms with Gasteiger partial charge >= 0.3 is 0 Å². The highest BCUT2D eigenvalue weighted by molar-refractivity contribution is 5.60. The number of likely N-dealkylation sites (tertiary alicyclic amines) is 1. The van der Waals surface area contributed by atoms with Crippen molar-refractivity contribution in [3.63, 3.8) is 0 Å². The lowest BCUT2D eigenvalue weighted by molar-refractivity contribution is -0.0110. The Kier molecular flexibility index (Phi) is 13.3. The predicted molar refractivity (Wildman–Crippen MR) is 133 cm³/mol. The standard InChI is InChI=1S/C24H43FN6O/c1-7-21(18(2)17-30(26)15-13-28-6)16-23-19(3)31(20(4)32)14-10-24(23)29-12-9-22(25)8-11-27-5/h7,9,11,16-17,19-20,24,28-29,32H,8,10,12-15,26H2,1-6H3. The lowest BCUT2D eigenvalue weighted by Crippen LogP contribution is -2.52. The van der Waals surface area contributed by atoms with Gasteiger partial charge in [0.1, 0.15) is 12.1 Å². The number of aliphatic hydroxyl groups excluding tert-OH is 1. The Balaban J connectivity index is 3.10. The Bertz CT molecular complexity index is 713. The van der Waals surface area contributed by atoms with Crippen molar-refractivity contribution >= 4 is 6.21 Å². The monoisotopic (exact) mass is 450 g/mol. The van der Waals surface area contributed by atoms with Crippen molar-refractivity contribution in [2.45, 2.75) is 58.8 Å². The highest BCUT2D eigenvalue weighted by Gasteiger charge is 2.32. The van der Waals surface area contributed by atoms with Crippen molar-refractivity contribution < 1.29 is 9.50 Å². The Labute approximate surface area is 193 Å². The minimum Gasteiger partial charge on any atom is -0.379 e. The van der Waals surface area contributed by atoms with Gasteiger partial charge in [-0.3, -0.25) is 4.90 Å². The summed E-state index contributed by atoms with van der Waals surface area (Å²) in [4.78, 5) is 5.90. The summed E-state index contributed by atoms with van der Waals surface area (Å²) < 4.78 is 13.9. The molecule has 0 spiro atoms. The number of piperidine rings is 1. The maximum absolute atomic E-state index is 13.9. The summed E-state index contributed by atoms with van der Waals surface area (Å²) >= 11 is 0. The first-order valence-corrected chi connectivity index (χ1v) is 11.4. The third kappa shape index (κ3) is 9.34. The van der Waals surface area contributed by atoms with Crippen LogP contribution in [0, 0.1) is 0 Å². The molecule has 1 fully saturated rings. The van der Waals surface area contributed by atoms with Gasteiger partial charge in [-0.15, -0.1) is 0 Å². The fourth-order valence-corrected chi connectivity index (χ4v) is 3.88. The summed E-state index contributed by atoms with van der Waals surface area (Å²) in [6.07, 6.45) is 9.83. The van der Waals surface area contributed by atoms with Crippen molar-refractivity contribution in [3.8, 4) is 0 Å². The molecule has 3 unspecified atom stereocenters. The molecule has 1 rings (SSSR count). The van der Waals surface area contributed by atoms with E-state index in [1.165, 1.54) is 5.57 Å². The van der Waals surface area contributed by atoms with Crippen LogP contribution in [0.3, 0.4) is 0 Å². The van der Waals surface area contributed by atoms with E-state index in [-0.39, 0.29) is 24.3 Å². The lowest BCUT2D eigenvalue weighted by atomic mass is 9.88. The minimum absolute atomic E-state index is 0.0447. The van der Waals surface area contributed by atoms with E-state index in [9.17, 15) is 9.50 Å². The number of aliphatic hydroxyl groups is 1. The van der Waals surface area contributed by atoms with Crippen molar-refractivity contribution in [1.82, 2.24) is 20.5 Å². The van der Waals surface area contributed by atoms with E-state index in [4.69, 9.17) is 5.84 Å². The van der Waals surface area contributed by atoms with E-state index in [0.29, 0.717) is 13.1 Å². The van der Waals surface area contributed by atoms with Gasteiger partial charge in [0.25, 0.3) is 0 Å². The molecule has 1 aliphatic rings. The summed E-state index contributed by atoms with van der Waals surface area (Å²) in [5, 5.41) is 18.5. The molecule has 8 heteroatoms. The number of nitrogens with two attached hydrogens (primary N) is 1. The van der Waals surface area contributed by atoms with Crippen LogP contribution in [0.5, 0.6) is 0 Å². The zero-order valence-electron chi connectivity index (χ0n) is 20.6. The van der Waals surface area contributed by atoms with E-state index in [1.807, 2.05) is 27.1 Å². The molecule has 0 aromatic carbocycles. The number of halogens is 1. The van der Waals surface area contributed by atoms with E-state index in [2.05, 4.69) is 39.6 Å². The van der Waals surface area contributed by atoms with Crippen molar-refractivity contribution in [3.05, 3.63) is 47.0 Å². The van der Waals surface area contributed by atoms with Crippen molar-refractivity contribution in [2.24, 2.45) is 10.8 Å². The van der Waals surface area contributed by atoms with Crippen LogP contribution in [-0.4, -0.2) is 79.8 Å². The number of rotatable bonds is 12. The van der Waals surface area contributed by atoms with E-state index in [0.717, 1.165) is 30.7 Å². The number of likely N-dealkylation sites (N-methyl/N-ethyl adjacent to an activating group) is 1. The van der Waals surface area contributed by atoms with Gasteiger partial charge in [-0.2, -0.15) is 0 Å². The quantitative estimate of drug-likeness (QED) is 0.158. The molecule has 0 bridgehead atoms. The van der Waals surface area contributed by atoms with Gasteiger partial charge in [0.05, 0.1) is 0 Å². The van der Waals surface area contributed by atoms with Gasteiger partial charge in [-0.05, 0) is 64.0 Å². The average molecular weight is 451 g/mol. The van der Waals surface area contributed by atoms with E-state index in [1.54, 1.807) is 31.3 Å². The Morgan fingerprint density at radius 1 is 1.47 bits per heavy atom. The number of hydrazine groups is 1. The number of aliphatic imine (C=N–C) groups is 1. The molecule has 7 nitrogen and oxygen atoms in total. The molecule has 0 radical (unpaired) electrons. The fraction of sp³-hybridized carbons (Fsp3) is 0.625. The molecule has 32 heavy (non-hydrogen) atoms. The maximum atomic E-state index is 13.9. The van der Waals surface area contributed by atoms with Crippen LogP contribution in [0.2, 0.25) is 0 Å². The molecule has 5 N–H and O–H groups in total. The molecule has 182 valence electrons. The second-order valence-electron chi connectivity index (χ2n) is 8.13. The highest BCUT2D eigenvalue weighted by atomic mass is 19.1. The van der Waals surface area contributed by atoms with Crippen LogP contribution in [0.4, 0.5) is 4.39 Å². The molecular formula is C24H43FN6O. The van der Waals surface area contributed by atoms with E-state index >= 15 is 0 Å². The van der Waals surface area contributed by atoms with Crippen LogP contribution >= 0.6 is 0 Å². The lowest BCUT2D eigenvalue weighted by Gasteiger charge is -2.42. The van der Waals surface area contributed by atoms with Gasteiger partial charge in [0.2, 0.25) is 0 Å². The third-order valence-corrected chi connectivity index (χ3v) is 5.76. The Hall–Kier alpha value is -1.84. The topological polar surface area (TPSA) is 89.2 Å². The zero-order valence-corrected chi connectivity index (χ0v) is 20.6. The van der Waals surface area contributed by atoms with Crippen LogP contribution < -0.4 is 16.5 Å². The van der Waals surface area contributed by atoms with E-state index < -0.39 is 6.23 Å². The van der Waals surface area contributed by atoms with Gasteiger partial charge in [-0.25, -0.2) is 10.2 Å². The Morgan fingerprint density at radius 3 is 2.78 bits per heavy atom. The van der Waals surface area contributed by atoms with Crippen molar-refractivity contribution in [1.29, 1.82) is 0 Å². The molecule has 0 aromatic heterocycles. The zero-order chi connectivity index (χ0) is 24.1. The molecule has 0 aromatic rings. The number of nitrogens with zero attached hydrogens (tertiary/aromatic N) is 3. The summed E-state index contributed by atoms with van der Waals surface area (Å²) in [7, 11) is 3.54. The molecule has 1 heterocycles. The van der Waals surface area contributed by atoms with Crippen LogP contribution in [0.1, 0.15) is 40.5 Å². The minimum atomic E-state index is -0.535. The normalized spacial score (nSPS) is 23.9. The second kappa shape index (κ2) is 15.1. The number of hydrogen-bond acceptors (Lipinski definition) is 7. The molecule has 0 amide bonds. The average Bonchev–Trinajstić information content (AvgIpc) is 2.75. The first kappa shape index (κ1) is 28.2. The predicted octanol–water partition coefficient (Wildman–Crippen LogP) is 2.49. The summed E-state index contributed by atoms with van der Waals surface area (Å²) in [6.45, 7) is 10.7. The van der Waals surface area contributed by atoms with Gasteiger partial charge in [0.15, 0.2) is 0 Å². The van der Waals surface area contributed by atoms with Crippen LogP contribution in [0.25, 0.3) is 0 Å². The van der Waals surface area contributed by atoms with Gasteiger partial charge < -0.3 is 25.7 Å². The summed E-state index contributed by atoms with van der Waals surface area (Å²) in [5.74, 6) is 5.90. The van der Waals surface area contributed by atoms with Crippen LogP contribution in [0.15, 0.2) is 52.0 Å².